The maximum Gasteiger partial charge on any atom is 0.230 e. The first-order valence-corrected chi connectivity index (χ1v) is 9.24. The molecule has 0 unspecified atom stereocenters. The summed E-state index contributed by atoms with van der Waals surface area (Å²) in [6.45, 7) is 2.55. The van der Waals surface area contributed by atoms with Gasteiger partial charge in [0.05, 0.1) is 29.4 Å². The van der Waals surface area contributed by atoms with Gasteiger partial charge in [-0.2, -0.15) is 0 Å². The summed E-state index contributed by atoms with van der Waals surface area (Å²) in [5.41, 5.74) is 1.63. The third-order valence-corrected chi connectivity index (χ3v) is 4.76. The Morgan fingerprint density at radius 1 is 1.27 bits per heavy atom. The van der Waals surface area contributed by atoms with Crippen molar-refractivity contribution in [3.05, 3.63) is 64.4 Å². The zero-order valence-electron chi connectivity index (χ0n) is 14.0. The molecule has 3 rings (SSSR count). The highest BCUT2D eigenvalue weighted by Crippen LogP contribution is 2.26. The van der Waals surface area contributed by atoms with Crippen LogP contribution in [0.3, 0.4) is 0 Å². The van der Waals surface area contributed by atoms with Crippen LogP contribution in [-0.2, 0) is 11.2 Å². The number of rotatable bonds is 6. The number of hydrogen-bond donors (Lipinski definition) is 1. The summed E-state index contributed by atoms with van der Waals surface area (Å²) >= 11 is 7.16. The molecule has 0 fully saturated rings. The normalized spacial score (nSPS) is 10.6. The molecule has 134 valence electrons. The zero-order valence-corrected chi connectivity index (χ0v) is 15.5. The molecule has 0 radical (unpaired) electrons. The van der Waals surface area contributed by atoms with Crippen LogP contribution < -0.4 is 10.1 Å². The molecule has 4 nitrogen and oxygen atoms in total. The standard InChI is InChI=1S/C19H16ClFN2O2S/c1-2-25-14-8-6-12(7-9-14)19-22-13(11-26-19)10-17(24)23-16-5-3-4-15(20)18(16)21/h3-9,11H,2,10H2,1H3,(H,23,24). The van der Waals surface area contributed by atoms with Gasteiger partial charge in [-0.25, -0.2) is 9.37 Å². The Balaban J connectivity index is 1.66. The fraction of sp³-hybridized carbons (Fsp3) is 0.158. The van der Waals surface area contributed by atoms with E-state index < -0.39 is 5.82 Å². The number of thiazole rings is 1. The number of carbonyl (C=O) groups is 1. The fourth-order valence-corrected chi connectivity index (χ4v) is 3.34. The predicted molar refractivity (Wildman–Crippen MR) is 102 cm³/mol. The van der Waals surface area contributed by atoms with Crippen LogP contribution in [0.25, 0.3) is 10.6 Å². The van der Waals surface area contributed by atoms with Crippen LogP contribution in [0.5, 0.6) is 5.75 Å². The van der Waals surface area contributed by atoms with Gasteiger partial charge in [0, 0.05) is 10.9 Å². The van der Waals surface area contributed by atoms with E-state index in [2.05, 4.69) is 10.3 Å². The minimum absolute atomic E-state index is 0.0331. The Labute approximate surface area is 159 Å². The third kappa shape index (κ3) is 4.39. The summed E-state index contributed by atoms with van der Waals surface area (Å²) in [5, 5.41) is 5.12. The lowest BCUT2D eigenvalue weighted by Gasteiger charge is -2.06. The van der Waals surface area contributed by atoms with Crippen LogP contribution in [-0.4, -0.2) is 17.5 Å². The molecule has 1 amide bonds. The van der Waals surface area contributed by atoms with Crippen molar-refractivity contribution in [2.45, 2.75) is 13.3 Å². The first-order chi connectivity index (χ1) is 12.6. The number of anilines is 1. The molecule has 1 N–H and O–H groups in total. The third-order valence-electron chi connectivity index (χ3n) is 3.53. The summed E-state index contributed by atoms with van der Waals surface area (Å²) in [5.74, 6) is -0.193. The Morgan fingerprint density at radius 3 is 2.77 bits per heavy atom. The van der Waals surface area contributed by atoms with Gasteiger partial charge in [-0.3, -0.25) is 4.79 Å². The monoisotopic (exact) mass is 390 g/mol. The molecule has 0 aliphatic heterocycles. The second kappa shape index (κ2) is 8.29. The van der Waals surface area contributed by atoms with Crippen molar-refractivity contribution >= 4 is 34.5 Å². The van der Waals surface area contributed by atoms with Crippen molar-refractivity contribution in [1.29, 1.82) is 0 Å². The second-order valence-corrected chi connectivity index (χ2v) is 6.69. The van der Waals surface area contributed by atoms with E-state index in [0.29, 0.717) is 12.3 Å². The average molecular weight is 391 g/mol. The summed E-state index contributed by atoms with van der Waals surface area (Å²) in [7, 11) is 0. The number of nitrogens with one attached hydrogen (secondary N) is 1. The molecule has 1 aromatic heterocycles. The van der Waals surface area contributed by atoms with Crippen LogP contribution in [0, 0.1) is 5.82 Å². The number of amides is 1. The van der Waals surface area contributed by atoms with Gasteiger partial charge in [0.25, 0.3) is 0 Å². The number of hydrogen-bond acceptors (Lipinski definition) is 4. The van der Waals surface area contributed by atoms with Crippen molar-refractivity contribution in [2.75, 3.05) is 11.9 Å². The molecule has 7 heteroatoms. The minimum Gasteiger partial charge on any atom is -0.494 e. The highest BCUT2D eigenvalue weighted by Gasteiger charge is 2.12. The molecule has 0 aliphatic carbocycles. The van der Waals surface area contributed by atoms with E-state index in [-0.39, 0.29) is 23.0 Å². The molecule has 0 saturated carbocycles. The smallest absolute Gasteiger partial charge is 0.230 e. The lowest BCUT2D eigenvalue weighted by atomic mass is 10.2. The number of aromatic nitrogens is 1. The molecule has 2 aromatic carbocycles. The number of nitrogens with zero attached hydrogens (tertiary/aromatic N) is 1. The van der Waals surface area contributed by atoms with Crippen LogP contribution in [0.1, 0.15) is 12.6 Å². The molecular weight excluding hydrogens is 375 g/mol. The molecule has 0 atom stereocenters. The molecule has 0 saturated heterocycles. The van der Waals surface area contributed by atoms with Gasteiger partial charge in [0.1, 0.15) is 10.8 Å². The quantitative estimate of drug-likeness (QED) is 0.630. The number of benzene rings is 2. The molecular formula is C19H16ClFN2O2S. The topological polar surface area (TPSA) is 51.2 Å². The largest absolute Gasteiger partial charge is 0.494 e. The lowest BCUT2D eigenvalue weighted by molar-refractivity contribution is -0.115. The van der Waals surface area contributed by atoms with Crippen molar-refractivity contribution in [1.82, 2.24) is 4.98 Å². The Bertz CT molecular complexity index is 912. The first-order valence-electron chi connectivity index (χ1n) is 7.98. The number of halogens is 2. The van der Waals surface area contributed by atoms with E-state index in [0.717, 1.165) is 16.3 Å². The van der Waals surface area contributed by atoms with Crippen molar-refractivity contribution in [2.24, 2.45) is 0 Å². The van der Waals surface area contributed by atoms with Crippen LogP contribution in [0.4, 0.5) is 10.1 Å². The highest BCUT2D eigenvalue weighted by atomic mass is 35.5. The lowest BCUT2D eigenvalue weighted by Crippen LogP contribution is -2.15. The summed E-state index contributed by atoms with van der Waals surface area (Å²) in [4.78, 5) is 16.6. The number of carbonyl (C=O) groups excluding carboxylic acids is 1. The van der Waals surface area contributed by atoms with E-state index in [1.54, 1.807) is 6.07 Å². The Kier molecular flexibility index (Phi) is 5.85. The van der Waals surface area contributed by atoms with Gasteiger partial charge in [0.15, 0.2) is 5.82 Å². The summed E-state index contributed by atoms with van der Waals surface area (Å²) in [6, 6.07) is 12.1. The maximum absolute atomic E-state index is 13.8. The van der Waals surface area contributed by atoms with E-state index in [9.17, 15) is 9.18 Å². The van der Waals surface area contributed by atoms with E-state index in [1.165, 1.54) is 23.5 Å². The van der Waals surface area contributed by atoms with E-state index in [1.807, 2.05) is 36.6 Å². The van der Waals surface area contributed by atoms with Gasteiger partial charge in [-0.15, -0.1) is 11.3 Å². The van der Waals surface area contributed by atoms with Gasteiger partial charge in [0.2, 0.25) is 5.91 Å². The molecule has 26 heavy (non-hydrogen) atoms. The fourth-order valence-electron chi connectivity index (χ4n) is 2.34. The minimum atomic E-state index is -0.643. The molecule has 0 bridgehead atoms. The SMILES string of the molecule is CCOc1ccc(-c2nc(CC(=O)Nc3cccc(Cl)c3F)cs2)cc1. The first kappa shape index (κ1) is 18.4. The van der Waals surface area contributed by atoms with Crippen LogP contribution >= 0.6 is 22.9 Å². The van der Waals surface area contributed by atoms with Gasteiger partial charge < -0.3 is 10.1 Å². The van der Waals surface area contributed by atoms with Gasteiger partial charge >= 0.3 is 0 Å². The van der Waals surface area contributed by atoms with E-state index >= 15 is 0 Å². The Morgan fingerprint density at radius 2 is 2.04 bits per heavy atom. The van der Waals surface area contributed by atoms with Crippen molar-refractivity contribution in [3.8, 4) is 16.3 Å². The highest BCUT2D eigenvalue weighted by molar-refractivity contribution is 7.13. The van der Waals surface area contributed by atoms with Gasteiger partial charge in [-0.05, 0) is 43.3 Å². The van der Waals surface area contributed by atoms with Crippen molar-refractivity contribution in [3.63, 3.8) is 0 Å². The van der Waals surface area contributed by atoms with Crippen molar-refractivity contribution < 1.29 is 13.9 Å². The van der Waals surface area contributed by atoms with Crippen LogP contribution in [0.15, 0.2) is 47.8 Å². The number of ether oxygens (including phenoxy) is 1. The Hall–Kier alpha value is -2.44. The predicted octanol–water partition coefficient (Wildman–Crippen LogP) is 5.18. The second-order valence-electron chi connectivity index (χ2n) is 5.43. The maximum atomic E-state index is 13.8. The van der Waals surface area contributed by atoms with Gasteiger partial charge in [-0.1, -0.05) is 17.7 Å². The molecule has 0 aliphatic rings. The average Bonchev–Trinajstić information content (AvgIpc) is 3.08. The zero-order chi connectivity index (χ0) is 18.5. The van der Waals surface area contributed by atoms with E-state index in [4.69, 9.17) is 16.3 Å². The molecule has 3 aromatic rings. The van der Waals surface area contributed by atoms with Crippen LogP contribution in [0.2, 0.25) is 5.02 Å². The summed E-state index contributed by atoms with van der Waals surface area (Å²) in [6.07, 6.45) is 0.0550. The molecule has 0 spiro atoms. The molecule has 1 heterocycles. The summed E-state index contributed by atoms with van der Waals surface area (Å²) < 4.78 is 19.3.